The lowest BCUT2D eigenvalue weighted by Gasteiger charge is -2.17. The van der Waals surface area contributed by atoms with Gasteiger partial charge >= 0.3 is 0 Å². The molecule has 2 rings (SSSR count). The summed E-state index contributed by atoms with van der Waals surface area (Å²) < 4.78 is 27.3. The molecular weight excluding hydrogens is 416 g/mol. The number of nitrogens with one attached hydrogen (secondary N) is 2. The van der Waals surface area contributed by atoms with Crippen molar-refractivity contribution in [2.24, 2.45) is 0 Å². The molecule has 0 heterocycles. The molecule has 32 heavy (non-hydrogen) atoms. The SMILES string of the molecule is CCOc1cc(C(=O)NNC(=O)Cc2ccc(OC)c(OC)c2)cc(OCC)c1OCC. The second-order valence-corrected chi connectivity index (χ2v) is 6.47. The molecule has 0 saturated heterocycles. The molecule has 174 valence electrons. The Morgan fingerprint density at radius 3 is 1.88 bits per heavy atom. The summed E-state index contributed by atoms with van der Waals surface area (Å²) in [6.45, 7) is 6.70. The molecule has 0 fully saturated rings. The number of hydrogen-bond acceptors (Lipinski definition) is 7. The number of amides is 2. The number of rotatable bonds is 11. The van der Waals surface area contributed by atoms with Crippen LogP contribution in [-0.4, -0.2) is 45.9 Å². The van der Waals surface area contributed by atoms with E-state index in [-0.39, 0.29) is 12.0 Å². The van der Waals surface area contributed by atoms with Crippen LogP contribution in [0.1, 0.15) is 36.7 Å². The van der Waals surface area contributed by atoms with Crippen LogP contribution >= 0.6 is 0 Å². The van der Waals surface area contributed by atoms with Crippen LogP contribution in [0, 0.1) is 0 Å². The summed E-state index contributed by atoms with van der Waals surface area (Å²) in [6.07, 6.45) is 0.0400. The first-order valence-corrected chi connectivity index (χ1v) is 10.3. The number of carbonyl (C=O) groups excluding carboxylic acids is 2. The van der Waals surface area contributed by atoms with Gasteiger partial charge in [-0.2, -0.15) is 0 Å². The molecular formula is C23H30N2O7. The summed E-state index contributed by atoms with van der Waals surface area (Å²) in [5.74, 6) is 1.38. The maximum absolute atomic E-state index is 12.7. The zero-order chi connectivity index (χ0) is 23.5. The van der Waals surface area contributed by atoms with E-state index in [0.717, 1.165) is 0 Å². The van der Waals surface area contributed by atoms with Crippen molar-refractivity contribution >= 4 is 11.8 Å². The molecule has 9 nitrogen and oxygen atoms in total. The van der Waals surface area contributed by atoms with Crippen molar-refractivity contribution in [2.45, 2.75) is 27.2 Å². The molecule has 0 aliphatic heterocycles. The quantitative estimate of drug-likeness (QED) is 0.512. The van der Waals surface area contributed by atoms with Crippen LogP contribution in [0.3, 0.4) is 0 Å². The number of benzene rings is 2. The van der Waals surface area contributed by atoms with Gasteiger partial charge in [0.2, 0.25) is 11.7 Å². The van der Waals surface area contributed by atoms with Crippen molar-refractivity contribution in [3.63, 3.8) is 0 Å². The number of carbonyl (C=O) groups is 2. The van der Waals surface area contributed by atoms with E-state index < -0.39 is 11.8 Å². The van der Waals surface area contributed by atoms with Gasteiger partial charge in [0.1, 0.15) is 0 Å². The fourth-order valence-corrected chi connectivity index (χ4v) is 2.94. The van der Waals surface area contributed by atoms with E-state index >= 15 is 0 Å². The molecule has 0 aliphatic carbocycles. The van der Waals surface area contributed by atoms with Crippen LogP contribution in [0.2, 0.25) is 0 Å². The third-order valence-corrected chi connectivity index (χ3v) is 4.30. The van der Waals surface area contributed by atoms with Crippen LogP contribution in [0.25, 0.3) is 0 Å². The monoisotopic (exact) mass is 446 g/mol. The highest BCUT2D eigenvalue weighted by molar-refractivity contribution is 5.96. The Kier molecular flexibility index (Phi) is 9.46. The second kappa shape index (κ2) is 12.3. The molecule has 0 spiro atoms. The van der Waals surface area contributed by atoms with Gasteiger partial charge in [-0.1, -0.05) is 6.07 Å². The van der Waals surface area contributed by atoms with Crippen molar-refractivity contribution in [2.75, 3.05) is 34.0 Å². The van der Waals surface area contributed by atoms with Crippen molar-refractivity contribution in [3.05, 3.63) is 41.5 Å². The second-order valence-electron chi connectivity index (χ2n) is 6.47. The van der Waals surface area contributed by atoms with Crippen molar-refractivity contribution < 1.29 is 33.3 Å². The molecule has 2 aromatic carbocycles. The van der Waals surface area contributed by atoms with E-state index in [2.05, 4.69) is 10.9 Å². The Bertz CT molecular complexity index is 904. The smallest absolute Gasteiger partial charge is 0.269 e. The molecule has 0 aliphatic rings. The molecule has 2 aromatic rings. The summed E-state index contributed by atoms with van der Waals surface area (Å²) in [5, 5.41) is 0. The molecule has 0 radical (unpaired) electrons. The normalized spacial score (nSPS) is 10.2. The van der Waals surface area contributed by atoms with Crippen molar-refractivity contribution in [1.82, 2.24) is 10.9 Å². The molecule has 0 unspecified atom stereocenters. The number of hydrogen-bond donors (Lipinski definition) is 2. The number of hydrazine groups is 1. The highest BCUT2D eigenvalue weighted by atomic mass is 16.5. The minimum Gasteiger partial charge on any atom is -0.493 e. The van der Waals surface area contributed by atoms with Crippen LogP contribution < -0.4 is 34.5 Å². The van der Waals surface area contributed by atoms with Gasteiger partial charge < -0.3 is 23.7 Å². The van der Waals surface area contributed by atoms with Crippen LogP contribution in [0.15, 0.2) is 30.3 Å². The fraction of sp³-hybridized carbons (Fsp3) is 0.391. The average Bonchev–Trinajstić information content (AvgIpc) is 2.79. The van der Waals surface area contributed by atoms with Gasteiger partial charge in [-0.3, -0.25) is 20.4 Å². The predicted octanol–water partition coefficient (Wildman–Crippen LogP) is 2.90. The number of ether oxygens (including phenoxy) is 5. The predicted molar refractivity (Wildman–Crippen MR) is 119 cm³/mol. The topological polar surface area (TPSA) is 104 Å². The van der Waals surface area contributed by atoms with E-state index in [4.69, 9.17) is 23.7 Å². The molecule has 2 N–H and O–H groups in total. The van der Waals surface area contributed by atoms with Crippen molar-refractivity contribution in [1.29, 1.82) is 0 Å². The standard InChI is InChI=1S/C23H30N2O7/c1-6-30-19-13-16(14-20(31-7-2)22(19)32-8-3)23(27)25-24-21(26)12-15-9-10-17(28-4)18(11-15)29-5/h9-11,13-14H,6-8,12H2,1-5H3,(H,24,26)(H,25,27). The number of methoxy groups -OCH3 is 2. The lowest BCUT2D eigenvalue weighted by molar-refractivity contribution is -0.121. The molecule has 0 saturated carbocycles. The zero-order valence-corrected chi connectivity index (χ0v) is 19.1. The Hall–Kier alpha value is -3.62. The molecule has 0 bridgehead atoms. The fourth-order valence-electron chi connectivity index (χ4n) is 2.94. The van der Waals surface area contributed by atoms with E-state index in [1.54, 1.807) is 30.3 Å². The first-order chi connectivity index (χ1) is 15.5. The molecule has 2 amide bonds. The lowest BCUT2D eigenvalue weighted by atomic mass is 10.1. The van der Waals surface area contributed by atoms with E-state index in [1.165, 1.54) is 14.2 Å². The van der Waals surface area contributed by atoms with Gasteiger partial charge in [-0.25, -0.2) is 0 Å². The molecule has 9 heteroatoms. The summed E-state index contributed by atoms with van der Waals surface area (Å²) in [7, 11) is 3.06. The minimum atomic E-state index is -0.518. The lowest BCUT2D eigenvalue weighted by Crippen LogP contribution is -2.42. The van der Waals surface area contributed by atoms with Gasteiger partial charge in [-0.15, -0.1) is 0 Å². The van der Waals surface area contributed by atoms with Gasteiger partial charge in [0.25, 0.3) is 5.91 Å². The highest BCUT2D eigenvalue weighted by Crippen LogP contribution is 2.39. The first kappa shape index (κ1) is 24.6. The Balaban J connectivity index is 2.10. The minimum absolute atomic E-state index is 0.0400. The van der Waals surface area contributed by atoms with Crippen LogP contribution in [0.4, 0.5) is 0 Å². The third-order valence-electron chi connectivity index (χ3n) is 4.30. The van der Waals surface area contributed by atoms with E-state index in [9.17, 15) is 9.59 Å². The zero-order valence-electron chi connectivity index (χ0n) is 19.1. The molecule has 0 atom stereocenters. The van der Waals surface area contributed by atoms with Crippen LogP contribution in [0.5, 0.6) is 28.7 Å². The van der Waals surface area contributed by atoms with Gasteiger partial charge in [0.05, 0.1) is 40.5 Å². The Labute approximate surface area is 187 Å². The summed E-state index contributed by atoms with van der Waals surface area (Å²) in [5.41, 5.74) is 5.79. The van der Waals surface area contributed by atoms with Gasteiger partial charge in [-0.05, 0) is 50.6 Å². The maximum atomic E-state index is 12.7. The average molecular weight is 447 g/mol. The van der Waals surface area contributed by atoms with Crippen molar-refractivity contribution in [3.8, 4) is 28.7 Å². The van der Waals surface area contributed by atoms with Gasteiger partial charge in [0, 0.05) is 5.56 Å². The van der Waals surface area contributed by atoms with Gasteiger partial charge in [0.15, 0.2) is 23.0 Å². The third kappa shape index (κ3) is 6.44. The van der Waals surface area contributed by atoms with Crippen LogP contribution in [-0.2, 0) is 11.2 Å². The van der Waals surface area contributed by atoms with E-state index in [1.807, 2.05) is 20.8 Å². The largest absolute Gasteiger partial charge is 0.493 e. The first-order valence-electron chi connectivity index (χ1n) is 10.3. The molecule has 0 aromatic heterocycles. The summed E-state index contributed by atoms with van der Waals surface area (Å²) in [6, 6.07) is 8.26. The Morgan fingerprint density at radius 2 is 1.34 bits per heavy atom. The maximum Gasteiger partial charge on any atom is 0.269 e. The summed E-state index contributed by atoms with van der Waals surface area (Å²) in [4.78, 5) is 25.0. The van der Waals surface area contributed by atoms with E-state index in [0.29, 0.717) is 54.1 Å². The Morgan fingerprint density at radius 1 is 0.750 bits per heavy atom. The highest BCUT2D eigenvalue weighted by Gasteiger charge is 2.19. The summed E-state index contributed by atoms with van der Waals surface area (Å²) >= 11 is 0.